The van der Waals surface area contributed by atoms with Crippen LogP contribution in [0.4, 0.5) is 0 Å². The van der Waals surface area contributed by atoms with Crippen molar-refractivity contribution in [2.75, 3.05) is 13.1 Å². The Morgan fingerprint density at radius 3 is 2.85 bits per heavy atom. The Kier molecular flexibility index (Phi) is 3.78. The van der Waals surface area contributed by atoms with Gasteiger partial charge in [-0.25, -0.2) is 0 Å². The first-order valence-electron chi connectivity index (χ1n) is 7.62. The van der Waals surface area contributed by atoms with Crippen molar-refractivity contribution in [2.24, 2.45) is 7.05 Å². The highest BCUT2D eigenvalue weighted by Gasteiger charge is 2.35. The van der Waals surface area contributed by atoms with Crippen LogP contribution in [-0.2, 0) is 18.4 Å². The van der Waals surface area contributed by atoms with E-state index in [0.29, 0.717) is 12.1 Å². The van der Waals surface area contributed by atoms with Crippen LogP contribution in [0.5, 0.6) is 0 Å². The Labute approximate surface area is 120 Å². The lowest BCUT2D eigenvalue weighted by Crippen LogP contribution is -2.43. The van der Waals surface area contributed by atoms with E-state index in [-0.39, 0.29) is 5.91 Å². The molecule has 1 saturated heterocycles. The minimum atomic E-state index is 0.237. The predicted octanol–water partition coefficient (Wildman–Crippen LogP) is 1.40. The molecule has 2 fully saturated rings. The number of aromatic nitrogens is 2. The van der Waals surface area contributed by atoms with Gasteiger partial charge in [-0.15, -0.1) is 0 Å². The topological polar surface area (TPSA) is 41.4 Å². The number of hydrogen-bond acceptors (Lipinski definition) is 3. The van der Waals surface area contributed by atoms with Gasteiger partial charge in [0.05, 0.1) is 6.20 Å². The van der Waals surface area contributed by atoms with Gasteiger partial charge in [0.15, 0.2) is 0 Å². The van der Waals surface area contributed by atoms with Gasteiger partial charge in [0, 0.05) is 50.9 Å². The van der Waals surface area contributed by atoms with Crippen LogP contribution in [0.3, 0.4) is 0 Å². The maximum atomic E-state index is 11.8. The van der Waals surface area contributed by atoms with Crippen LogP contribution < -0.4 is 0 Å². The first kappa shape index (κ1) is 13.6. The molecule has 1 aliphatic heterocycles. The molecule has 110 valence electrons. The first-order chi connectivity index (χ1) is 9.63. The Hall–Kier alpha value is -1.36. The molecular weight excluding hydrogens is 252 g/mol. The van der Waals surface area contributed by atoms with Crippen LogP contribution in [0.1, 0.15) is 38.2 Å². The minimum absolute atomic E-state index is 0.237. The highest BCUT2D eigenvalue weighted by atomic mass is 16.2. The largest absolute Gasteiger partial charge is 0.338 e. The summed E-state index contributed by atoms with van der Waals surface area (Å²) < 4.78 is 1.85. The van der Waals surface area contributed by atoms with Crippen LogP contribution in [0.2, 0.25) is 0 Å². The van der Waals surface area contributed by atoms with Gasteiger partial charge in [0.1, 0.15) is 0 Å². The molecule has 1 aromatic rings. The fourth-order valence-electron chi connectivity index (χ4n) is 3.25. The van der Waals surface area contributed by atoms with Gasteiger partial charge in [0.25, 0.3) is 0 Å². The van der Waals surface area contributed by atoms with E-state index in [9.17, 15) is 4.79 Å². The van der Waals surface area contributed by atoms with Gasteiger partial charge < -0.3 is 4.90 Å². The normalized spacial score (nSPS) is 23.2. The maximum absolute atomic E-state index is 11.8. The zero-order valence-electron chi connectivity index (χ0n) is 12.5. The van der Waals surface area contributed by atoms with Crippen LogP contribution in [0.15, 0.2) is 12.4 Å². The number of carbonyl (C=O) groups excluding carboxylic acids is 1. The lowest BCUT2D eigenvalue weighted by atomic mass is 10.2. The molecular formula is C15H24N4O. The van der Waals surface area contributed by atoms with Gasteiger partial charge in [-0.2, -0.15) is 5.10 Å². The van der Waals surface area contributed by atoms with Gasteiger partial charge >= 0.3 is 0 Å². The fraction of sp³-hybridized carbons (Fsp3) is 0.733. The third kappa shape index (κ3) is 3.03. The highest BCUT2D eigenvalue weighted by Crippen LogP contribution is 2.29. The van der Waals surface area contributed by atoms with Crippen molar-refractivity contribution in [2.45, 2.75) is 51.2 Å². The van der Waals surface area contributed by atoms with E-state index in [1.807, 2.05) is 17.9 Å². The first-order valence-corrected chi connectivity index (χ1v) is 7.62. The fourth-order valence-corrected chi connectivity index (χ4v) is 3.25. The average molecular weight is 276 g/mol. The Bertz CT molecular complexity index is 480. The smallest absolute Gasteiger partial charge is 0.219 e. The number of aryl methyl sites for hydroxylation is 1. The molecule has 20 heavy (non-hydrogen) atoms. The summed E-state index contributed by atoms with van der Waals surface area (Å²) in [6, 6.07) is 1.04. The van der Waals surface area contributed by atoms with E-state index in [4.69, 9.17) is 0 Å². The van der Waals surface area contributed by atoms with E-state index in [0.717, 1.165) is 19.6 Å². The summed E-state index contributed by atoms with van der Waals surface area (Å²) in [5.74, 6) is 0.237. The SMILES string of the molecule is CC(=O)N(CC1CCCN1Cc1cnn(C)c1)C1CC1. The average Bonchev–Trinajstić information content (AvgIpc) is 3.02. The van der Waals surface area contributed by atoms with Crippen molar-refractivity contribution < 1.29 is 4.79 Å². The zero-order chi connectivity index (χ0) is 14.1. The third-order valence-electron chi connectivity index (χ3n) is 4.44. The van der Waals surface area contributed by atoms with Crippen molar-refractivity contribution in [3.8, 4) is 0 Å². The Morgan fingerprint density at radius 1 is 1.45 bits per heavy atom. The van der Waals surface area contributed by atoms with Crippen molar-refractivity contribution in [3.05, 3.63) is 18.0 Å². The molecule has 0 aromatic carbocycles. The summed E-state index contributed by atoms with van der Waals surface area (Å²) in [5.41, 5.74) is 1.26. The highest BCUT2D eigenvalue weighted by molar-refractivity contribution is 5.74. The lowest BCUT2D eigenvalue weighted by molar-refractivity contribution is -0.130. The minimum Gasteiger partial charge on any atom is -0.338 e. The summed E-state index contributed by atoms with van der Waals surface area (Å²) >= 11 is 0. The number of likely N-dealkylation sites (tertiary alicyclic amines) is 1. The van der Waals surface area contributed by atoms with Gasteiger partial charge in [-0.3, -0.25) is 14.4 Å². The van der Waals surface area contributed by atoms with Crippen molar-refractivity contribution >= 4 is 5.91 Å². The van der Waals surface area contributed by atoms with E-state index in [1.165, 1.54) is 31.2 Å². The molecule has 0 spiro atoms. The summed E-state index contributed by atoms with van der Waals surface area (Å²) in [6.45, 7) is 4.70. The maximum Gasteiger partial charge on any atom is 0.219 e. The molecule has 0 radical (unpaired) electrons. The Morgan fingerprint density at radius 2 is 2.25 bits per heavy atom. The van der Waals surface area contributed by atoms with Crippen LogP contribution in [-0.4, -0.2) is 50.7 Å². The van der Waals surface area contributed by atoms with E-state index < -0.39 is 0 Å². The monoisotopic (exact) mass is 276 g/mol. The molecule has 5 heteroatoms. The lowest BCUT2D eigenvalue weighted by Gasteiger charge is -2.30. The predicted molar refractivity (Wildman–Crippen MR) is 77.0 cm³/mol. The second kappa shape index (κ2) is 5.56. The molecule has 1 saturated carbocycles. The van der Waals surface area contributed by atoms with E-state index >= 15 is 0 Å². The number of amides is 1. The van der Waals surface area contributed by atoms with E-state index in [2.05, 4.69) is 21.1 Å². The van der Waals surface area contributed by atoms with E-state index in [1.54, 1.807) is 6.92 Å². The number of nitrogens with zero attached hydrogens (tertiary/aromatic N) is 4. The molecule has 2 heterocycles. The summed E-state index contributed by atoms with van der Waals surface area (Å²) in [6.07, 6.45) is 8.85. The Balaban J connectivity index is 1.61. The molecule has 0 bridgehead atoms. The summed E-state index contributed by atoms with van der Waals surface area (Å²) in [7, 11) is 1.95. The molecule has 1 aliphatic carbocycles. The number of carbonyl (C=O) groups is 1. The van der Waals surface area contributed by atoms with Gasteiger partial charge in [0.2, 0.25) is 5.91 Å². The molecule has 1 atom stereocenters. The molecule has 2 aliphatic rings. The van der Waals surface area contributed by atoms with Crippen molar-refractivity contribution in [1.29, 1.82) is 0 Å². The molecule has 5 nitrogen and oxygen atoms in total. The van der Waals surface area contributed by atoms with Gasteiger partial charge in [-0.05, 0) is 32.2 Å². The number of rotatable bonds is 5. The molecule has 0 N–H and O–H groups in total. The second-order valence-corrected chi connectivity index (χ2v) is 6.19. The standard InChI is InChI=1S/C15H24N4O/c1-12(20)19(14-5-6-14)11-15-4-3-7-18(15)10-13-8-16-17(2)9-13/h8-9,14-15H,3-7,10-11H2,1-2H3. The summed E-state index contributed by atoms with van der Waals surface area (Å²) in [5, 5.41) is 4.24. The van der Waals surface area contributed by atoms with Crippen LogP contribution in [0.25, 0.3) is 0 Å². The van der Waals surface area contributed by atoms with Crippen molar-refractivity contribution in [3.63, 3.8) is 0 Å². The second-order valence-electron chi connectivity index (χ2n) is 6.19. The van der Waals surface area contributed by atoms with Crippen LogP contribution in [0, 0.1) is 0 Å². The molecule has 1 aromatic heterocycles. The number of hydrogen-bond donors (Lipinski definition) is 0. The zero-order valence-corrected chi connectivity index (χ0v) is 12.5. The summed E-state index contributed by atoms with van der Waals surface area (Å²) in [4.78, 5) is 16.4. The molecule has 1 amide bonds. The quantitative estimate of drug-likeness (QED) is 0.816. The third-order valence-corrected chi connectivity index (χ3v) is 4.44. The van der Waals surface area contributed by atoms with Gasteiger partial charge in [-0.1, -0.05) is 0 Å². The van der Waals surface area contributed by atoms with Crippen molar-refractivity contribution in [1.82, 2.24) is 19.6 Å². The van der Waals surface area contributed by atoms with Crippen LogP contribution >= 0.6 is 0 Å². The molecule has 3 rings (SSSR count). The molecule has 1 unspecified atom stereocenters.